The van der Waals surface area contributed by atoms with Gasteiger partial charge in [-0.25, -0.2) is 0 Å². The first-order chi connectivity index (χ1) is 12.6. The van der Waals surface area contributed by atoms with E-state index in [4.69, 9.17) is 4.43 Å². The Bertz CT molecular complexity index is 694. The highest BCUT2D eigenvalue weighted by molar-refractivity contribution is 6.99. The molecular weight excluding hydrogens is 352 g/mol. The van der Waals surface area contributed by atoms with Crippen LogP contribution < -0.4 is 10.4 Å². The molecule has 1 N–H and O–H groups in total. The van der Waals surface area contributed by atoms with Gasteiger partial charge in [0.2, 0.25) is 0 Å². The molecule has 0 aliphatic carbocycles. The average molecular weight is 385 g/mol. The summed E-state index contributed by atoms with van der Waals surface area (Å²) in [5, 5.41) is 11.8. The van der Waals surface area contributed by atoms with E-state index in [2.05, 4.69) is 69.3 Å². The quantitative estimate of drug-likeness (QED) is 0.540. The third kappa shape index (κ3) is 4.68. The first kappa shape index (κ1) is 21.4. The van der Waals surface area contributed by atoms with Crippen LogP contribution in [0.4, 0.5) is 0 Å². The van der Waals surface area contributed by atoms with E-state index in [9.17, 15) is 9.90 Å². The molecule has 0 radical (unpaired) electrons. The van der Waals surface area contributed by atoms with Gasteiger partial charge in [0.15, 0.2) is 0 Å². The van der Waals surface area contributed by atoms with Crippen LogP contribution in [0.5, 0.6) is 0 Å². The normalized spacial score (nSPS) is 12.8. The molecule has 2 aromatic rings. The third-order valence-corrected chi connectivity index (χ3v) is 10.3. The Morgan fingerprint density at radius 2 is 1.33 bits per heavy atom. The summed E-state index contributed by atoms with van der Waals surface area (Å²) in [6.45, 7) is 10.9. The van der Waals surface area contributed by atoms with Crippen molar-refractivity contribution < 1.29 is 14.3 Å². The summed E-state index contributed by atoms with van der Waals surface area (Å²) in [5.41, 5.74) is -0.727. The smallest absolute Gasteiger partial charge is 0.309 e. The molecule has 0 saturated heterocycles. The standard InChI is InChI=1S/C23H32O3Si/c1-22(2,3)27(19-13-8-6-9-14-19,20-15-10-7-11-16-20)26-18-12-17-23(4,5)21(24)25/h6-11,13-16H,12,17-18H2,1-5H3,(H,24,25). The van der Waals surface area contributed by atoms with Crippen molar-refractivity contribution in [1.82, 2.24) is 0 Å². The number of benzene rings is 2. The molecule has 0 fully saturated rings. The second-order valence-corrected chi connectivity index (χ2v) is 13.1. The van der Waals surface area contributed by atoms with E-state index >= 15 is 0 Å². The van der Waals surface area contributed by atoms with E-state index in [1.807, 2.05) is 12.1 Å². The summed E-state index contributed by atoms with van der Waals surface area (Å²) >= 11 is 0. The van der Waals surface area contributed by atoms with Crippen molar-refractivity contribution >= 4 is 24.7 Å². The molecule has 0 aromatic heterocycles. The van der Waals surface area contributed by atoms with Crippen LogP contribution in [-0.4, -0.2) is 26.0 Å². The largest absolute Gasteiger partial charge is 0.481 e. The molecule has 2 rings (SSSR count). The summed E-state index contributed by atoms with van der Waals surface area (Å²) in [6, 6.07) is 21.0. The van der Waals surface area contributed by atoms with Gasteiger partial charge < -0.3 is 9.53 Å². The van der Waals surface area contributed by atoms with Crippen LogP contribution in [0.2, 0.25) is 5.04 Å². The van der Waals surface area contributed by atoms with E-state index in [1.165, 1.54) is 10.4 Å². The van der Waals surface area contributed by atoms with Crippen LogP contribution >= 0.6 is 0 Å². The van der Waals surface area contributed by atoms with Gasteiger partial charge in [-0.2, -0.15) is 0 Å². The Hall–Kier alpha value is -1.91. The number of aliphatic carboxylic acids is 1. The molecule has 0 aliphatic heterocycles. The topological polar surface area (TPSA) is 46.5 Å². The predicted molar refractivity (Wildman–Crippen MR) is 114 cm³/mol. The molecule has 2 aromatic carbocycles. The minimum absolute atomic E-state index is 0.0575. The molecule has 27 heavy (non-hydrogen) atoms. The highest BCUT2D eigenvalue weighted by atomic mass is 28.4. The minimum atomic E-state index is -2.52. The lowest BCUT2D eigenvalue weighted by molar-refractivity contribution is -0.147. The molecule has 146 valence electrons. The zero-order valence-electron chi connectivity index (χ0n) is 17.2. The van der Waals surface area contributed by atoms with E-state index < -0.39 is 19.7 Å². The van der Waals surface area contributed by atoms with E-state index in [0.717, 1.165) is 6.42 Å². The van der Waals surface area contributed by atoms with Crippen LogP contribution in [-0.2, 0) is 9.22 Å². The Balaban J connectivity index is 2.37. The lowest BCUT2D eigenvalue weighted by Gasteiger charge is -2.43. The fourth-order valence-electron chi connectivity index (χ4n) is 3.61. The van der Waals surface area contributed by atoms with Crippen molar-refractivity contribution in [2.45, 2.75) is 52.5 Å². The van der Waals surface area contributed by atoms with Gasteiger partial charge in [0.25, 0.3) is 8.32 Å². The maximum Gasteiger partial charge on any atom is 0.309 e. The number of rotatable bonds is 8. The maximum absolute atomic E-state index is 11.4. The van der Waals surface area contributed by atoms with Crippen molar-refractivity contribution in [1.29, 1.82) is 0 Å². The van der Waals surface area contributed by atoms with Gasteiger partial charge in [0.1, 0.15) is 0 Å². The van der Waals surface area contributed by atoms with Crippen molar-refractivity contribution in [3.8, 4) is 0 Å². The Morgan fingerprint density at radius 3 is 1.70 bits per heavy atom. The minimum Gasteiger partial charge on any atom is -0.481 e. The molecule has 0 spiro atoms. The number of hydrogen-bond donors (Lipinski definition) is 1. The summed E-state index contributed by atoms with van der Waals surface area (Å²) < 4.78 is 6.79. The SMILES string of the molecule is CC(C)(CCCO[Si](c1ccccc1)(c1ccccc1)C(C)(C)C)C(=O)O. The molecule has 3 nitrogen and oxygen atoms in total. The van der Waals surface area contributed by atoms with Crippen molar-refractivity contribution in [3.05, 3.63) is 60.7 Å². The number of carboxylic acid groups (broad SMARTS) is 1. The van der Waals surface area contributed by atoms with Gasteiger partial charge in [-0.15, -0.1) is 0 Å². The second kappa shape index (κ2) is 8.40. The van der Waals surface area contributed by atoms with Gasteiger partial charge in [-0.3, -0.25) is 4.79 Å². The second-order valence-electron chi connectivity index (χ2n) is 8.80. The molecule has 0 saturated carbocycles. The highest BCUT2D eigenvalue weighted by Crippen LogP contribution is 2.37. The summed E-state index contributed by atoms with van der Waals surface area (Å²) in [6.07, 6.45) is 1.32. The number of carbonyl (C=O) groups is 1. The van der Waals surface area contributed by atoms with Crippen LogP contribution in [0.1, 0.15) is 47.5 Å². The zero-order chi connectivity index (χ0) is 20.1. The van der Waals surface area contributed by atoms with E-state index in [-0.39, 0.29) is 5.04 Å². The lowest BCUT2D eigenvalue weighted by Crippen LogP contribution is -2.66. The fraction of sp³-hybridized carbons (Fsp3) is 0.435. The number of hydrogen-bond acceptors (Lipinski definition) is 2. The van der Waals surface area contributed by atoms with Crippen LogP contribution in [0.25, 0.3) is 0 Å². The Morgan fingerprint density at radius 1 is 0.889 bits per heavy atom. The summed E-state index contributed by atoms with van der Waals surface area (Å²) in [4.78, 5) is 11.4. The maximum atomic E-state index is 11.4. The molecule has 0 bridgehead atoms. The molecule has 0 aliphatic rings. The van der Waals surface area contributed by atoms with Gasteiger partial charge in [0, 0.05) is 6.61 Å². The lowest BCUT2D eigenvalue weighted by atomic mass is 9.88. The number of carboxylic acids is 1. The highest BCUT2D eigenvalue weighted by Gasteiger charge is 2.50. The zero-order valence-corrected chi connectivity index (χ0v) is 18.2. The third-order valence-electron chi connectivity index (χ3n) is 5.26. The Kier molecular flexibility index (Phi) is 6.66. The first-order valence-electron chi connectivity index (χ1n) is 9.60. The van der Waals surface area contributed by atoms with Gasteiger partial charge in [-0.1, -0.05) is 81.4 Å². The van der Waals surface area contributed by atoms with Gasteiger partial charge in [-0.05, 0) is 42.1 Å². The van der Waals surface area contributed by atoms with Crippen molar-refractivity contribution in [2.24, 2.45) is 5.41 Å². The fourth-order valence-corrected chi connectivity index (χ4v) is 8.21. The van der Waals surface area contributed by atoms with Crippen LogP contribution in [0, 0.1) is 5.41 Å². The molecule has 0 heterocycles. The van der Waals surface area contributed by atoms with Crippen LogP contribution in [0.3, 0.4) is 0 Å². The Labute approximate surface area is 164 Å². The van der Waals surface area contributed by atoms with E-state index in [0.29, 0.717) is 13.0 Å². The predicted octanol–water partition coefficient (Wildman–Crippen LogP) is 4.45. The first-order valence-corrected chi connectivity index (χ1v) is 11.5. The molecule has 4 heteroatoms. The average Bonchev–Trinajstić information content (AvgIpc) is 2.62. The molecular formula is C23H32O3Si. The monoisotopic (exact) mass is 384 g/mol. The van der Waals surface area contributed by atoms with Gasteiger partial charge >= 0.3 is 5.97 Å². The molecule has 0 amide bonds. The summed E-state index contributed by atoms with van der Waals surface area (Å²) in [5.74, 6) is -0.757. The van der Waals surface area contributed by atoms with E-state index in [1.54, 1.807) is 13.8 Å². The van der Waals surface area contributed by atoms with Crippen molar-refractivity contribution in [3.63, 3.8) is 0 Å². The van der Waals surface area contributed by atoms with Crippen molar-refractivity contribution in [2.75, 3.05) is 6.61 Å². The summed E-state index contributed by atoms with van der Waals surface area (Å²) in [7, 11) is -2.52. The van der Waals surface area contributed by atoms with Crippen LogP contribution in [0.15, 0.2) is 60.7 Å². The molecule has 0 unspecified atom stereocenters. The van der Waals surface area contributed by atoms with Gasteiger partial charge in [0.05, 0.1) is 5.41 Å². The molecule has 0 atom stereocenters.